The molecule has 29 heavy (non-hydrogen) atoms. The van der Waals surface area contributed by atoms with Crippen LogP contribution in [0.5, 0.6) is 5.75 Å². The number of hydrogen-bond donors (Lipinski definition) is 2. The normalized spacial score (nSPS) is 10.7. The van der Waals surface area contributed by atoms with Crippen LogP contribution in [0.4, 0.5) is 0 Å². The largest absolute Gasteiger partial charge is 0.489 e. The molecular weight excluding hydrogens is 382 g/mol. The van der Waals surface area contributed by atoms with E-state index in [0.717, 1.165) is 28.3 Å². The third-order valence-corrected chi connectivity index (χ3v) is 4.74. The zero-order valence-electron chi connectivity index (χ0n) is 16.0. The number of aromatic nitrogens is 4. The summed E-state index contributed by atoms with van der Waals surface area (Å²) in [5.41, 5.74) is 7.75. The van der Waals surface area contributed by atoms with Gasteiger partial charge in [-0.1, -0.05) is 42.0 Å². The zero-order chi connectivity index (χ0) is 20.1. The van der Waals surface area contributed by atoms with Gasteiger partial charge in [-0.05, 0) is 54.5 Å². The minimum Gasteiger partial charge on any atom is -0.489 e. The molecule has 0 saturated carbocycles. The Morgan fingerprint density at radius 3 is 2.59 bits per heavy atom. The van der Waals surface area contributed by atoms with Crippen LogP contribution >= 0.6 is 12.2 Å². The lowest BCUT2D eigenvalue weighted by molar-refractivity contribution is 0.306. The van der Waals surface area contributed by atoms with Crippen molar-refractivity contribution in [2.24, 2.45) is 0 Å². The van der Waals surface area contributed by atoms with Gasteiger partial charge < -0.3 is 10.2 Å². The number of ether oxygens (including phenoxy) is 1. The second kappa shape index (κ2) is 8.70. The second-order valence-electron chi connectivity index (χ2n) is 6.68. The number of rotatable bonds is 7. The van der Waals surface area contributed by atoms with Crippen LogP contribution in [-0.2, 0) is 13.2 Å². The number of pyridine rings is 1. The summed E-state index contributed by atoms with van der Waals surface area (Å²) >= 11 is 5.35. The molecule has 4 rings (SSSR count). The van der Waals surface area contributed by atoms with Gasteiger partial charge in [0.2, 0.25) is 4.77 Å². The molecule has 0 amide bonds. The van der Waals surface area contributed by atoms with Gasteiger partial charge in [0, 0.05) is 18.0 Å². The number of aromatic amines is 1. The Kier molecular flexibility index (Phi) is 5.67. The lowest BCUT2D eigenvalue weighted by atomic mass is 10.1. The predicted molar refractivity (Wildman–Crippen MR) is 116 cm³/mol. The Morgan fingerprint density at radius 1 is 1.03 bits per heavy atom. The number of nitrogens with zero attached hydrogens (tertiary/aromatic N) is 3. The topological polar surface area (TPSA) is 67.8 Å². The third-order valence-electron chi connectivity index (χ3n) is 4.46. The van der Waals surface area contributed by atoms with E-state index < -0.39 is 0 Å². The van der Waals surface area contributed by atoms with Gasteiger partial charge in [0.25, 0.3) is 0 Å². The SMILES string of the molecule is Cc1cccc(COc2ccc(CNn3c(-c4ccncc4)n[nH]c3=S)cc2)c1. The van der Waals surface area contributed by atoms with Gasteiger partial charge in [0.05, 0.1) is 6.54 Å². The Morgan fingerprint density at radius 2 is 1.83 bits per heavy atom. The van der Waals surface area contributed by atoms with Crippen LogP contribution in [0.1, 0.15) is 16.7 Å². The Hall–Kier alpha value is -3.45. The molecule has 146 valence electrons. The number of benzene rings is 2. The van der Waals surface area contributed by atoms with Crippen molar-refractivity contribution in [1.29, 1.82) is 0 Å². The summed E-state index contributed by atoms with van der Waals surface area (Å²) in [6.45, 7) is 3.24. The smallest absolute Gasteiger partial charge is 0.214 e. The molecule has 0 bridgehead atoms. The Bertz CT molecular complexity index is 1140. The van der Waals surface area contributed by atoms with Crippen LogP contribution in [0.2, 0.25) is 0 Å². The molecule has 0 aliphatic heterocycles. The van der Waals surface area contributed by atoms with Crippen LogP contribution in [0.15, 0.2) is 73.1 Å². The van der Waals surface area contributed by atoms with E-state index in [1.165, 1.54) is 5.56 Å². The van der Waals surface area contributed by atoms with E-state index in [9.17, 15) is 0 Å². The molecule has 2 aromatic carbocycles. The van der Waals surface area contributed by atoms with Gasteiger partial charge in [-0.3, -0.25) is 4.98 Å². The molecule has 0 atom stereocenters. The fraction of sp³-hybridized carbons (Fsp3) is 0.136. The molecular formula is C22H21N5OS. The predicted octanol–water partition coefficient (Wildman–Crippen LogP) is 4.63. The van der Waals surface area contributed by atoms with Crippen LogP contribution in [0, 0.1) is 11.7 Å². The highest BCUT2D eigenvalue weighted by atomic mass is 32.1. The molecule has 0 aliphatic carbocycles. The van der Waals surface area contributed by atoms with E-state index in [1.54, 1.807) is 17.1 Å². The average Bonchev–Trinajstić information content (AvgIpc) is 3.12. The fourth-order valence-corrected chi connectivity index (χ4v) is 3.18. The average molecular weight is 404 g/mol. The van der Waals surface area contributed by atoms with E-state index in [1.807, 2.05) is 42.5 Å². The molecule has 0 radical (unpaired) electrons. The highest BCUT2D eigenvalue weighted by Gasteiger charge is 2.08. The highest BCUT2D eigenvalue weighted by molar-refractivity contribution is 7.71. The van der Waals surface area contributed by atoms with E-state index in [0.29, 0.717) is 17.9 Å². The van der Waals surface area contributed by atoms with E-state index in [2.05, 4.69) is 45.7 Å². The van der Waals surface area contributed by atoms with E-state index in [4.69, 9.17) is 17.0 Å². The van der Waals surface area contributed by atoms with Crippen molar-refractivity contribution in [3.63, 3.8) is 0 Å². The summed E-state index contributed by atoms with van der Waals surface area (Å²) in [5, 5.41) is 7.14. The van der Waals surface area contributed by atoms with Crippen molar-refractivity contribution in [2.45, 2.75) is 20.1 Å². The molecule has 2 aromatic heterocycles. The fourth-order valence-electron chi connectivity index (χ4n) is 2.98. The number of H-pyrrole nitrogens is 1. The van der Waals surface area contributed by atoms with Crippen molar-refractivity contribution in [2.75, 3.05) is 5.43 Å². The van der Waals surface area contributed by atoms with Crippen molar-refractivity contribution >= 4 is 12.2 Å². The zero-order valence-corrected chi connectivity index (χ0v) is 16.8. The molecule has 4 aromatic rings. The number of aryl methyl sites for hydroxylation is 1. The summed E-state index contributed by atoms with van der Waals surface area (Å²) in [5.74, 6) is 1.56. The molecule has 0 spiro atoms. The molecule has 2 heterocycles. The summed E-state index contributed by atoms with van der Waals surface area (Å²) in [6.07, 6.45) is 3.46. The van der Waals surface area contributed by atoms with Crippen LogP contribution in [0.25, 0.3) is 11.4 Å². The van der Waals surface area contributed by atoms with Gasteiger partial charge in [0.1, 0.15) is 12.4 Å². The highest BCUT2D eigenvalue weighted by Crippen LogP contribution is 2.17. The maximum absolute atomic E-state index is 5.89. The first kappa shape index (κ1) is 18.9. The van der Waals surface area contributed by atoms with Crippen LogP contribution in [0.3, 0.4) is 0 Å². The first-order valence-corrected chi connectivity index (χ1v) is 9.69. The van der Waals surface area contributed by atoms with Gasteiger partial charge >= 0.3 is 0 Å². The minimum atomic E-state index is 0.509. The molecule has 7 heteroatoms. The molecule has 2 N–H and O–H groups in total. The lowest BCUT2D eigenvalue weighted by Gasteiger charge is -2.11. The standard InChI is InChI=1S/C22H21N5OS/c1-16-3-2-4-18(13-16)15-28-20-7-5-17(6-8-20)14-24-27-21(25-26-22(27)29)19-9-11-23-12-10-19/h2-13,24H,14-15H2,1H3,(H,26,29). The van der Waals surface area contributed by atoms with Crippen molar-refractivity contribution in [1.82, 2.24) is 19.9 Å². The van der Waals surface area contributed by atoms with Crippen molar-refractivity contribution in [3.8, 4) is 17.1 Å². The molecule has 0 aliphatic rings. The summed E-state index contributed by atoms with van der Waals surface area (Å²) in [7, 11) is 0. The first-order valence-electron chi connectivity index (χ1n) is 9.28. The van der Waals surface area contributed by atoms with Gasteiger partial charge in [-0.25, -0.2) is 9.77 Å². The number of nitrogens with one attached hydrogen (secondary N) is 2. The Labute approximate surface area is 174 Å². The van der Waals surface area contributed by atoms with Crippen LogP contribution in [-0.4, -0.2) is 19.9 Å². The van der Waals surface area contributed by atoms with E-state index >= 15 is 0 Å². The molecule has 6 nitrogen and oxygen atoms in total. The third kappa shape index (κ3) is 4.70. The maximum atomic E-state index is 5.89. The maximum Gasteiger partial charge on any atom is 0.214 e. The van der Waals surface area contributed by atoms with Gasteiger partial charge in [-0.15, -0.1) is 0 Å². The summed E-state index contributed by atoms with van der Waals surface area (Å²) in [6, 6.07) is 20.1. The number of hydrogen-bond acceptors (Lipinski definition) is 5. The summed E-state index contributed by atoms with van der Waals surface area (Å²) < 4.78 is 8.17. The van der Waals surface area contributed by atoms with Gasteiger partial charge in [0.15, 0.2) is 5.82 Å². The molecule has 0 unspecified atom stereocenters. The van der Waals surface area contributed by atoms with Crippen molar-refractivity contribution < 1.29 is 4.74 Å². The van der Waals surface area contributed by atoms with Crippen LogP contribution < -0.4 is 10.2 Å². The Balaban J connectivity index is 1.39. The minimum absolute atomic E-state index is 0.509. The molecule has 0 fully saturated rings. The quantitative estimate of drug-likeness (QED) is 0.440. The van der Waals surface area contributed by atoms with E-state index in [-0.39, 0.29) is 0 Å². The van der Waals surface area contributed by atoms with Crippen molar-refractivity contribution in [3.05, 3.63) is 94.5 Å². The summed E-state index contributed by atoms with van der Waals surface area (Å²) in [4.78, 5) is 4.04. The van der Waals surface area contributed by atoms with Gasteiger partial charge in [-0.2, -0.15) is 5.10 Å². The molecule has 0 saturated heterocycles. The second-order valence-corrected chi connectivity index (χ2v) is 7.07. The monoisotopic (exact) mass is 403 g/mol. The lowest BCUT2D eigenvalue weighted by Crippen LogP contribution is -2.15. The first-order chi connectivity index (χ1) is 14.2.